The summed E-state index contributed by atoms with van der Waals surface area (Å²) in [5.74, 6) is -2.92. The normalized spacial score (nSPS) is 12.7. The van der Waals surface area contributed by atoms with Gasteiger partial charge < -0.3 is 12.3 Å². The minimum Gasteiger partial charge on any atom is -1.00 e. The molecule has 1 unspecified atom stereocenters. The van der Waals surface area contributed by atoms with Crippen molar-refractivity contribution in [1.82, 2.24) is 0 Å². The Morgan fingerprint density at radius 1 is 1.46 bits per heavy atom. The summed E-state index contributed by atoms with van der Waals surface area (Å²) < 4.78 is 28.8. The zero-order chi connectivity index (χ0) is 9.94. The second-order valence-electron chi connectivity index (χ2n) is 2.01. The van der Waals surface area contributed by atoms with Crippen molar-refractivity contribution < 1.29 is 80.5 Å². The summed E-state index contributed by atoms with van der Waals surface area (Å²) in [5.41, 5.74) is 4.55. The third kappa shape index (κ3) is 6.54. The Morgan fingerprint density at radius 3 is 1.92 bits per heavy atom. The molecule has 1 atom stereocenters. The van der Waals surface area contributed by atoms with E-state index in [1.807, 2.05) is 0 Å². The smallest absolute Gasteiger partial charge is 1.00 e. The molecule has 0 saturated carbocycles. The number of carboxylic acid groups (broad SMARTS) is 1. The van der Waals surface area contributed by atoms with Crippen LogP contribution in [-0.4, -0.2) is 35.2 Å². The molecule has 1 amide bonds. The first-order chi connectivity index (χ1) is 5.25. The van der Waals surface area contributed by atoms with Crippen LogP contribution < -0.4 is 57.1 Å². The number of rotatable bonds is 4. The summed E-state index contributed by atoms with van der Waals surface area (Å²) in [7, 11) is -4.76. The van der Waals surface area contributed by atoms with Crippen molar-refractivity contribution in [3.8, 4) is 0 Å². The predicted octanol–water partition coefficient (Wildman–Crippen LogP) is -4.68. The largest absolute Gasteiger partial charge is 1.00 e. The van der Waals surface area contributed by atoms with Crippen molar-refractivity contribution >= 4 is 22.0 Å². The monoisotopic (exact) mass is 237 g/mol. The average Bonchev–Trinajstić information content (AvgIpc) is 1.79. The van der Waals surface area contributed by atoms with E-state index in [1.165, 1.54) is 0 Å². The fourth-order valence-electron chi connectivity index (χ4n) is 0.503. The van der Waals surface area contributed by atoms with Gasteiger partial charge in [0.15, 0.2) is 5.25 Å². The van der Waals surface area contributed by atoms with E-state index < -0.39 is 33.7 Å². The van der Waals surface area contributed by atoms with Crippen LogP contribution in [0.25, 0.3) is 0 Å². The summed E-state index contributed by atoms with van der Waals surface area (Å²) in [4.78, 5) is 20.3. The molecule has 0 aromatic rings. The van der Waals surface area contributed by atoms with Crippen LogP contribution in [0.15, 0.2) is 0 Å². The number of carbonyl (C=O) groups is 2. The van der Waals surface area contributed by atoms with Gasteiger partial charge in [-0.1, -0.05) is 0 Å². The van der Waals surface area contributed by atoms with Crippen molar-refractivity contribution in [3.05, 3.63) is 0 Å². The molecule has 13 heavy (non-hydrogen) atoms. The van der Waals surface area contributed by atoms with E-state index in [1.54, 1.807) is 0 Å². The third-order valence-corrected chi connectivity index (χ3v) is 2.11. The summed E-state index contributed by atoms with van der Waals surface area (Å²) in [6, 6.07) is 0. The zero-order valence-corrected chi connectivity index (χ0v) is 10.7. The molecular formula is C4H8KNO6S. The second kappa shape index (κ2) is 6.06. The average molecular weight is 237 g/mol. The van der Waals surface area contributed by atoms with E-state index in [-0.39, 0.29) is 52.8 Å². The van der Waals surface area contributed by atoms with Gasteiger partial charge in [-0.2, -0.15) is 8.42 Å². The van der Waals surface area contributed by atoms with Gasteiger partial charge in [0, 0.05) is 0 Å². The van der Waals surface area contributed by atoms with Crippen molar-refractivity contribution in [2.24, 2.45) is 5.73 Å². The van der Waals surface area contributed by atoms with Crippen molar-refractivity contribution in [2.75, 3.05) is 0 Å². The molecule has 0 aromatic heterocycles. The first-order valence-electron chi connectivity index (χ1n) is 2.72. The van der Waals surface area contributed by atoms with Crippen LogP contribution in [0, 0.1) is 0 Å². The fourth-order valence-corrected chi connectivity index (χ4v) is 1.13. The van der Waals surface area contributed by atoms with Crippen molar-refractivity contribution in [1.29, 1.82) is 0 Å². The van der Waals surface area contributed by atoms with Crippen LogP contribution in [0.5, 0.6) is 0 Å². The van der Waals surface area contributed by atoms with E-state index in [9.17, 15) is 18.0 Å². The molecule has 72 valence electrons. The van der Waals surface area contributed by atoms with Crippen LogP contribution in [0.4, 0.5) is 0 Å². The first-order valence-corrected chi connectivity index (χ1v) is 4.23. The van der Waals surface area contributed by atoms with Gasteiger partial charge in [0.2, 0.25) is 5.91 Å². The molecule has 0 aromatic carbocycles. The fraction of sp³-hybridized carbons (Fsp3) is 0.500. The van der Waals surface area contributed by atoms with E-state index in [4.69, 9.17) is 9.66 Å². The van der Waals surface area contributed by atoms with Gasteiger partial charge in [0.05, 0.1) is 6.42 Å². The van der Waals surface area contributed by atoms with Gasteiger partial charge in [-0.05, 0) is 0 Å². The minimum absolute atomic E-state index is 0. The van der Waals surface area contributed by atoms with Crippen LogP contribution in [-0.2, 0) is 19.7 Å². The number of carbonyl (C=O) groups excluding carboxylic acids is 1. The Balaban J connectivity index is -0.000000605. The zero-order valence-electron chi connectivity index (χ0n) is 7.80. The van der Waals surface area contributed by atoms with Crippen LogP contribution >= 0.6 is 0 Å². The Kier molecular flexibility index (Phi) is 7.43. The summed E-state index contributed by atoms with van der Waals surface area (Å²) in [6.07, 6.45) is -0.936. The first kappa shape index (κ1) is 15.9. The van der Waals surface area contributed by atoms with E-state index in [0.29, 0.717) is 0 Å². The second-order valence-corrected chi connectivity index (χ2v) is 3.61. The molecule has 7 nitrogen and oxygen atoms in total. The molecule has 0 heterocycles. The number of primary amides is 1. The third-order valence-electron chi connectivity index (χ3n) is 1.02. The Morgan fingerprint density at radius 2 is 1.85 bits per heavy atom. The van der Waals surface area contributed by atoms with E-state index in [0.717, 1.165) is 0 Å². The van der Waals surface area contributed by atoms with Gasteiger partial charge >= 0.3 is 57.4 Å². The molecule has 0 bridgehead atoms. The molecular weight excluding hydrogens is 229 g/mol. The predicted molar refractivity (Wildman–Crippen MR) is 37.9 cm³/mol. The molecule has 0 aliphatic carbocycles. The standard InChI is InChI=1S/C4H7NO6S.K.H/c5-3(6)1-2(4(7)8)12(9,10)11;;/h2H,1H2,(H2,5,6)(H,7,8)(H,9,10,11);;/q;+1;-1. The van der Waals surface area contributed by atoms with Gasteiger partial charge in [-0.25, -0.2) is 0 Å². The Labute approximate surface area is 118 Å². The summed E-state index contributed by atoms with van der Waals surface area (Å²) >= 11 is 0. The molecule has 0 rings (SSSR count). The van der Waals surface area contributed by atoms with E-state index >= 15 is 0 Å². The van der Waals surface area contributed by atoms with Crippen molar-refractivity contribution in [2.45, 2.75) is 11.7 Å². The maximum absolute atomic E-state index is 10.3. The van der Waals surface area contributed by atoms with Gasteiger partial charge in [0.1, 0.15) is 0 Å². The van der Waals surface area contributed by atoms with Crippen LogP contribution in [0.3, 0.4) is 0 Å². The van der Waals surface area contributed by atoms with Gasteiger partial charge in [0.25, 0.3) is 10.1 Å². The number of carboxylic acids is 1. The van der Waals surface area contributed by atoms with Crippen molar-refractivity contribution in [3.63, 3.8) is 0 Å². The molecule has 0 spiro atoms. The maximum atomic E-state index is 10.3. The number of aliphatic carboxylic acids is 1. The minimum atomic E-state index is -4.76. The van der Waals surface area contributed by atoms with Gasteiger partial charge in [-0.15, -0.1) is 0 Å². The number of nitrogens with two attached hydrogens (primary N) is 1. The SMILES string of the molecule is NC(=O)CC(C(=O)O)S(=O)(=O)O.[H-].[K+]. The number of amides is 1. The molecule has 9 heteroatoms. The maximum Gasteiger partial charge on any atom is 1.00 e. The van der Waals surface area contributed by atoms with Crippen LogP contribution in [0.2, 0.25) is 0 Å². The molecule has 0 aliphatic heterocycles. The molecule has 0 aliphatic rings. The summed E-state index contributed by atoms with van der Waals surface area (Å²) in [6.45, 7) is 0. The Bertz CT molecular complexity index is 303. The number of hydrogen-bond acceptors (Lipinski definition) is 4. The van der Waals surface area contributed by atoms with Crippen LogP contribution in [0.1, 0.15) is 7.85 Å². The molecule has 0 fully saturated rings. The molecule has 0 radical (unpaired) electrons. The van der Waals surface area contributed by atoms with Gasteiger partial charge in [-0.3, -0.25) is 14.1 Å². The molecule has 0 saturated heterocycles. The van der Waals surface area contributed by atoms with E-state index in [2.05, 4.69) is 5.73 Å². The summed E-state index contributed by atoms with van der Waals surface area (Å²) in [5, 5.41) is 6.04. The molecule has 4 N–H and O–H groups in total. The number of hydrogen-bond donors (Lipinski definition) is 3. The Hall–Kier alpha value is 0.486. The topological polar surface area (TPSA) is 135 Å². The quantitative estimate of drug-likeness (QED) is 0.332.